The first-order chi connectivity index (χ1) is 7.50. The summed E-state index contributed by atoms with van der Waals surface area (Å²) in [6.45, 7) is 0. The Balaban J connectivity index is 2.59. The molecular formula is C11H17N3O2. The van der Waals surface area contributed by atoms with Crippen molar-refractivity contribution in [3.63, 3.8) is 0 Å². The van der Waals surface area contributed by atoms with Crippen molar-refractivity contribution >= 4 is 5.91 Å². The van der Waals surface area contributed by atoms with Gasteiger partial charge in [-0.15, -0.1) is 0 Å². The van der Waals surface area contributed by atoms with Crippen molar-refractivity contribution < 1.29 is 9.90 Å². The highest BCUT2D eigenvalue weighted by Crippen LogP contribution is 2.13. The lowest BCUT2D eigenvalue weighted by Gasteiger charge is -2.20. The van der Waals surface area contributed by atoms with Gasteiger partial charge in [0.05, 0.1) is 0 Å². The van der Waals surface area contributed by atoms with Gasteiger partial charge in [0, 0.05) is 7.05 Å². The summed E-state index contributed by atoms with van der Waals surface area (Å²) >= 11 is 0. The van der Waals surface area contributed by atoms with E-state index in [4.69, 9.17) is 11.6 Å². The van der Waals surface area contributed by atoms with Crippen molar-refractivity contribution in [3.05, 3.63) is 29.8 Å². The van der Waals surface area contributed by atoms with E-state index in [1.165, 1.54) is 5.01 Å². The van der Waals surface area contributed by atoms with Crippen LogP contribution in [-0.4, -0.2) is 29.1 Å². The molecule has 0 saturated carbocycles. The van der Waals surface area contributed by atoms with Crippen molar-refractivity contribution in [2.75, 3.05) is 7.05 Å². The van der Waals surface area contributed by atoms with E-state index in [2.05, 4.69) is 0 Å². The average Bonchev–Trinajstić information content (AvgIpc) is 2.16. The van der Waals surface area contributed by atoms with Crippen LogP contribution in [0.3, 0.4) is 0 Å². The molecule has 0 bridgehead atoms. The number of hydrazine groups is 1. The Kier molecular flexibility index (Phi) is 4.28. The highest BCUT2D eigenvalue weighted by atomic mass is 16.3. The average molecular weight is 223 g/mol. The van der Waals surface area contributed by atoms with Crippen LogP contribution < -0.4 is 11.6 Å². The van der Waals surface area contributed by atoms with Gasteiger partial charge in [0.2, 0.25) is 5.91 Å². The lowest BCUT2D eigenvalue weighted by atomic mass is 10.0. The maximum Gasteiger partial charge on any atom is 0.236 e. The molecule has 1 rings (SSSR count). The van der Waals surface area contributed by atoms with Gasteiger partial charge in [-0.05, 0) is 30.5 Å². The number of nitrogens with zero attached hydrogens (tertiary/aromatic N) is 1. The van der Waals surface area contributed by atoms with Crippen molar-refractivity contribution in [1.29, 1.82) is 0 Å². The first kappa shape index (κ1) is 12.5. The molecule has 0 heterocycles. The fourth-order valence-corrected chi connectivity index (χ4v) is 1.56. The van der Waals surface area contributed by atoms with Gasteiger partial charge in [0.15, 0.2) is 0 Å². The van der Waals surface area contributed by atoms with Crippen LogP contribution in [0.4, 0.5) is 0 Å². The number of aryl methyl sites for hydroxylation is 1. The SMILES string of the molecule is CN(N)C(CCc1cccc(O)c1)C(N)=O. The van der Waals surface area contributed by atoms with E-state index >= 15 is 0 Å². The summed E-state index contributed by atoms with van der Waals surface area (Å²) in [5, 5.41) is 10.6. The van der Waals surface area contributed by atoms with Gasteiger partial charge in [-0.3, -0.25) is 10.6 Å². The van der Waals surface area contributed by atoms with E-state index in [9.17, 15) is 9.90 Å². The first-order valence-corrected chi connectivity index (χ1v) is 5.05. The summed E-state index contributed by atoms with van der Waals surface area (Å²) in [6, 6.07) is 6.42. The zero-order valence-electron chi connectivity index (χ0n) is 9.26. The first-order valence-electron chi connectivity index (χ1n) is 5.05. The Morgan fingerprint density at radius 3 is 2.75 bits per heavy atom. The van der Waals surface area contributed by atoms with Gasteiger partial charge < -0.3 is 10.8 Å². The number of carbonyl (C=O) groups excluding carboxylic acids is 1. The third-order valence-corrected chi connectivity index (χ3v) is 2.44. The number of amides is 1. The summed E-state index contributed by atoms with van der Waals surface area (Å²) < 4.78 is 0. The zero-order chi connectivity index (χ0) is 12.1. The van der Waals surface area contributed by atoms with Gasteiger partial charge in [-0.1, -0.05) is 12.1 Å². The van der Waals surface area contributed by atoms with Crippen LogP contribution in [0.15, 0.2) is 24.3 Å². The highest BCUT2D eigenvalue weighted by molar-refractivity contribution is 5.79. The maximum atomic E-state index is 11.1. The summed E-state index contributed by atoms with van der Waals surface area (Å²) in [4.78, 5) is 11.1. The molecule has 1 aromatic carbocycles. The fourth-order valence-electron chi connectivity index (χ4n) is 1.56. The molecule has 0 spiro atoms. The molecule has 0 radical (unpaired) electrons. The minimum absolute atomic E-state index is 0.217. The lowest BCUT2D eigenvalue weighted by Crippen LogP contribution is -2.46. The molecule has 0 aliphatic rings. The summed E-state index contributed by atoms with van der Waals surface area (Å²) in [5.41, 5.74) is 6.17. The summed E-state index contributed by atoms with van der Waals surface area (Å²) in [6.07, 6.45) is 1.18. The Morgan fingerprint density at radius 1 is 1.56 bits per heavy atom. The molecule has 0 fully saturated rings. The molecule has 0 aliphatic carbocycles. The normalized spacial score (nSPS) is 12.7. The number of likely N-dealkylation sites (N-methyl/N-ethyl adjacent to an activating group) is 1. The van der Waals surface area contributed by atoms with Gasteiger partial charge in [0.25, 0.3) is 0 Å². The van der Waals surface area contributed by atoms with E-state index in [0.29, 0.717) is 12.8 Å². The lowest BCUT2D eigenvalue weighted by molar-refractivity contribution is -0.123. The van der Waals surface area contributed by atoms with Crippen LogP contribution in [0.2, 0.25) is 0 Å². The predicted molar refractivity (Wildman–Crippen MR) is 61.4 cm³/mol. The highest BCUT2D eigenvalue weighted by Gasteiger charge is 2.17. The van der Waals surface area contributed by atoms with Crippen LogP contribution in [0.25, 0.3) is 0 Å². The Hall–Kier alpha value is -1.59. The number of phenols is 1. The summed E-state index contributed by atoms with van der Waals surface area (Å²) in [5.74, 6) is 5.29. The number of hydrogen-bond donors (Lipinski definition) is 3. The molecule has 16 heavy (non-hydrogen) atoms. The maximum absolute atomic E-state index is 11.1. The number of phenolic OH excluding ortho intramolecular Hbond substituents is 1. The Labute approximate surface area is 94.6 Å². The second kappa shape index (κ2) is 5.48. The molecule has 0 aliphatic heterocycles. The topological polar surface area (TPSA) is 92.6 Å². The number of nitrogens with two attached hydrogens (primary N) is 2. The van der Waals surface area contributed by atoms with Crippen LogP contribution in [0.5, 0.6) is 5.75 Å². The molecule has 1 amide bonds. The number of hydrogen-bond acceptors (Lipinski definition) is 4. The molecule has 1 aromatic rings. The molecule has 1 unspecified atom stereocenters. The van der Waals surface area contributed by atoms with Gasteiger partial charge >= 0.3 is 0 Å². The van der Waals surface area contributed by atoms with E-state index in [0.717, 1.165) is 5.56 Å². The number of rotatable bonds is 5. The van der Waals surface area contributed by atoms with E-state index in [-0.39, 0.29) is 5.75 Å². The smallest absolute Gasteiger partial charge is 0.236 e. The zero-order valence-corrected chi connectivity index (χ0v) is 9.26. The van der Waals surface area contributed by atoms with Crippen molar-refractivity contribution in [2.45, 2.75) is 18.9 Å². The van der Waals surface area contributed by atoms with E-state index in [1.54, 1.807) is 25.2 Å². The van der Waals surface area contributed by atoms with E-state index in [1.807, 2.05) is 6.07 Å². The van der Waals surface area contributed by atoms with Gasteiger partial charge in [-0.25, -0.2) is 5.01 Å². The molecule has 1 atom stereocenters. The quantitative estimate of drug-likeness (QED) is 0.483. The third kappa shape index (κ3) is 3.52. The molecule has 0 aromatic heterocycles. The van der Waals surface area contributed by atoms with Crippen LogP contribution in [-0.2, 0) is 11.2 Å². The molecule has 88 valence electrons. The Bertz CT molecular complexity index is 366. The van der Waals surface area contributed by atoms with Gasteiger partial charge in [-0.2, -0.15) is 0 Å². The summed E-state index contributed by atoms with van der Waals surface area (Å²) in [7, 11) is 1.61. The minimum atomic E-state index is -0.484. The van der Waals surface area contributed by atoms with Crippen LogP contribution in [0, 0.1) is 0 Å². The number of aromatic hydroxyl groups is 1. The molecule has 5 nitrogen and oxygen atoms in total. The molecular weight excluding hydrogens is 206 g/mol. The molecule has 5 heteroatoms. The minimum Gasteiger partial charge on any atom is -0.508 e. The van der Waals surface area contributed by atoms with Crippen molar-refractivity contribution in [3.8, 4) is 5.75 Å². The monoisotopic (exact) mass is 223 g/mol. The standard InChI is InChI=1S/C11H17N3O2/c1-14(13)10(11(12)16)6-5-8-3-2-4-9(15)7-8/h2-4,7,10,15H,5-6,13H2,1H3,(H2,12,16). The number of primary amides is 1. The van der Waals surface area contributed by atoms with Crippen molar-refractivity contribution in [1.82, 2.24) is 5.01 Å². The Morgan fingerprint density at radius 2 is 2.25 bits per heavy atom. The van der Waals surface area contributed by atoms with Crippen molar-refractivity contribution in [2.24, 2.45) is 11.6 Å². The second-order valence-electron chi connectivity index (χ2n) is 3.79. The molecule has 5 N–H and O–H groups in total. The fraction of sp³-hybridized carbons (Fsp3) is 0.364. The van der Waals surface area contributed by atoms with Gasteiger partial charge in [0.1, 0.15) is 11.8 Å². The number of benzene rings is 1. The number of carbonyl (C=O) groups is 1. The largest absolute Gasteiger partial charge is 0.508 e. The second-order valence-corrected chi connectivity index (χ2v) is 3.79. The van der Waals surface area contributed by atoms with Crippen LogP contribution >= 0.6 is 0 Å². The predicted octanol–water partition coefficient (Wildman–Crippen LogP) is -0.0158. The van der Waals surface area contributed by atoms with Crippen LogP contribution in [0.1, 0.15) is 12.0 Å². The third-order valence-electron chi connectivity index (χ3n) is 2.44. The molecule has 0 saturated heterocycles. The van der Waals surface area contributed by atoms with E-state index < -0.39 is 11.9 Å².